The maximum Gasteiger partial charge on any atom is 0.119 e. The lowest BCUT2D eigenvalue weighted by Gasteiger charge is -2.06. The minimum absolute atomic E-state index is 0.853. The minimum Gasteiger partial charge on any atom is -0.497 e. The van der Waals surface area contributed by atoms with Crippen molar-refractivity contribution in [2.45, 2.75) is 13.8 Å². The summed E-state index contributed by atoms with van der Waals surface area (Å²) >= 11 is 0. The topological polar surface area (TPSA) is 37.9 Å². The van der Waals surface area contributed by atoms with Crippen LogP contribution >= 0.6 is 0 Å². The van der Waals surface area contributed by atoms with Crippen LogP contribution in [0.5, 0.6) is 5.75 Å². The summed E-state index contributed by atoms with van der Waals surface area (Å²) in [6, 6.07) is 16.6. The van der Waals surface area contributed by atoms with Crippen LogP contribution in [0.3, 0.4) is 0 Å². The van der Waals surface area contributed by atoms with Crippen molar-refractivity contribution in [2.75, 3.05) is 7.11 Å². The summed E-state index contributed by atoms with van der Waals surface area (Å²) in [5, 5.41) is 2.31. The molecule has 3 nitrogen and oxygen atoms in total. The molecular weight excluding hydrogens is 284 g/mol. The minimum atomic E-state index is 0.853. The lowest BCUT2D eigenvalue weighted by atomic mass is 10.0. The number of benzene rings is 2. The van der Waals surface area contributed by atoms with E-state index in [1.165, 1.54) is 16.5 Å². The van der Waals surface area contributed by atoms with Crippen molar-refractivity contribution in [1.29, 1.82) is 0 Å². The summed E-state index contributed by atoms with van der Waals surface area (Å²) in [6.45, 7) is 4.22. The van der Waals surface area contributed by atoms with E-state index in [2.05, 4.69) is 49.2 Å². The van der Waals surface area contributed by atoms with Crippen molar-refractivity contribution >= 4 is 21.8 Å². The number of ether oxygens (including phenoxy) is 1. The Balaban J connectivity index is 1.95. The summed E-state index contributed by atoms with van der Waals surface area (Å²) in [5.41, 5.74) is 6.71. The Labute approximate surface area is 134 Å². The Morgan fingerprint density at radius 3 is 2.65 bits per heavy atom. The molecule has 23 heavy (non-hydrogen) atoms. The van der Waals surface area contributed by atoms with Crippen LogP contribution in [0.4, 0.5) is 0 Å². The third-order valence-electron chi connectivity index (χ3n) is 4.29. The number of nitrogens with zero attached hydrogens (tertiary/aromatic N) is 1. The fourth-order valence-corrected chi connectivity index (χ4v) is 3.14. The first-order valence-electron chi connectivity index (χ1n) is 7.70. The van der Waals surface area contributed by atoms with E-state index in [1.807, 2.05) is 18.2 Å². The molecule has 4 aromatic rings. The Morgan fingerprint density at radius 1 is 0.957 bits per heavy atom. The van der Waals surface area contributed by atoms with Crippen LogP contribution in [-0.4, -0.2) is 17.1 Å². The zero-order chi connectivity index (χ0) is 16.0. The first kappa shape index (κ1) is 13.8. The van der Waals surface area contributed by atoms with Crippen molar-refractivity contribution in [3.05, 3.63) is 59.8 Å². The fourth-order valence-electron chi connectivity index (χ4n) is 3.14. The highest BCUT2D eigenvalue weighted by molar-refractivity contribution is 5.98. The van der Waals surface area contributed by atoms with E-state index in [9.17, 15) is 0 Å². The molecule has 2 aromatic carbocycles. The van der Waals surface area contributed by atoms with Gasteiger partial charge in [0, 0.05) is 27.5 Å². The molecule has 0 atom stereocenters. The Bertz CT molecular complexity index is 1030. The third kappa shape index (κ3) is 2.25. The SMILES string of the molecule is COc1ccc2nc(-c3c(C)[nH]c4ccc(C)cc34)ccc2c1. The number of hydrogen-bond acceptors (Lipinski definition) is 2. The monoisotopic (exact) mass is 302 g/mol. The number of H-pyrrole nitrogens is 1. The molecule has 0 saturated heterocycles. The maximum absolute atomic E-state index is 5.28. The zero-order valence-electron chi connectivity index (χ0n) is 13.5. The molecule has 114 valence electrons. The summed E-state index contributed by atoms with van der Waals surface area (Å²) in [7, 11) is 1.68. The maximum atomic E-state index is 5.28. The van der Waals surface area contributed by atoms with Gasteiger partial charge in [-0.1, -0.05) is 17.7 Å². The lowest BCUT2D eigenvalue weighted by molar-refractivity contribution is 0.415. The van der Waals surface area contributed by atoms with Crippen molar-refractivity contribution in [3.63, 3.8) is 0 Å². The van der Waals surface area contributed by atoms with Crippen molar-refractivity contribution in [2.24, 2.45) is 0 Å². The molecule has 1 N–H and O–H groups in total. The second-order valence-corrected chi connectivity index (χ2v) is 5.93. The van der Waals surface area contributed by atoms with Crippen molar-refractivity contribution in [3.8, 4) is 17.0 Å². The van der Waals surface area contributed by atoms with Gasteiger partial charge in [-0.05, 0) is 50.2 Å². The number of aryl methyl sites for hydroxylation is 2. The van der Waals surface area contributed by atoms with Gasteiger partial charge in [0.2, 0.25) is 0 Å². The number of nitrogens with one attached hydrogen (secondary N) is 1. The first-order chi connectivity index (χ1) is 11.2. The summed E-state index contributed by atoms with van der Waals surface area (Å²) in [5.74, 6) is 0.853. The second kappa shape index (κ2) is 5.13. The number of fused-ring (bicyclic) bond motifs is 2. The second-order valence-electron chi connectivity index (χ2n) is 5.93. The standard InChI is InChI=1S/C20H18N2O/c1-12-4-7-18-16(10-12)20(13(2)21-18)19-8-5-14-11-15(23-3)6-9-17(14)22-19/h4-11,21H,1-3H3. The average molecular weight is 302 g/mol. The number of methoxy groups -OCH3 is 1. The normalized spacial score (nSPS) is 11.3. The first-order valence-corrected chi connectivity index (χ1v) is 7.70. The van der Waals surface area contributed by atoms with E-state index >= 15 is 0 Å². The molecule has 0 aliphatic rings. The van der Waals surface area contributed by atoms with Crippen molar-refractivity contribution < 1.29 is 4.74 Å². The van der Waals surface area contributed by atoms with Crippen molar-refractivity contribution in [1.82, 2.24) is 9.97 Å². The number of pyridine rings is 1. The van der Waals surface area contributed by atoms with Crippen LogP contribution < -0.4 is 4.74 Å². The molecule has 3 heteroatoms. The molecule has 0 aliphatic heterocycles. The van der Waals surface area contributed by atoms with Gasteiger partial charge in [-0.2, -0.15) is 0 Å². The van der Waals surface area contributed by atoms with Gasteiger partial charge in [0.1, 0.15) is 5.75 Å². The van der Waals surface area contributed by atoms with E-state index < -0.39 is 0 Å². The Kier molecular flexibility index (Phi) is 3.08. The van der Waals surface area contributed by atoms with Crippen LogP contribution in [-0.2, 0) is 0 Å². The van der Waals surface area contributed by atoms with E-state index in [4.69, 9.17) is 9.72 Å². The Morgan fingerprint density at radius 2 is 1.83 bits per heavy atom. The molecule has 0 fully saturated rings. The quantitative estimate of drug-likeness (QED) is 0.565. The van der Waals surface area contributed by atoms with Gasteiger partial charge in [-0.15, -0.1) is 0 Å². The summed E-state index contributed by atoms with van der Waals surface area (Å²) < 4.78 is 5.28. The fraction of sp³-hybridized carbons (Fsp3) is 0.150. The molecule has 0 aliphatic carbocycles. The predicted molar refractivity (Wildman–Crippen MR) is 95.1 cm³/mol. The molecule has 0 bridgehead atoms. The van der Waals surface area contributed by atoms with Gasteiger partial charge in [0.05, 0.1) is 18.3 Å². The summed E-state index contributed by atoms with van der Waals surface area (Å²) in [6.07, 6.45) is 0. The average Bonchev–Trinajstić information content (AvgIpc) is 2.89. The molecule has 0 unspecified atom stereocenters. The largest absolute Gasteiger partial charge is 0.497 e. The smallest absolute Gasteiger partial charge is 0.119 e. The van der Waals surface area contributed by atoms with E-state index in [-0.39, 0.29) is 0 Å². The number of rotatable bonds is 2. The van der Waals surface area contributed by atoms with Gasteiger partial charge in [-0.25, -0.2) is 4.98 Å². The van der Waals surface area contributed by atoms with Crippen LogP contribution in [0.1, 0.15) is 11.3 Å². The molecule has 0 spiro atoms. The van der Waals surface area contributed by atoms with E-state index in [0.717, 1.165) is 33.6 Å². The lowest BCUT2D eigenvalue weighted by Crippen LogP contribution is -1.88. The Hall–Kier alpha value is -2.81. The number of aromatic amines is 1. The van der Waals surface area contributed by atoms with Gasteiger partial charge in [0.25, 0.3) is 0 Å². The molecule has 0 radical (unpaired) electrons. The highest BCUT2D eigenvalue weighted by Crippen LogP contribution is 2.33. The van der Waals surface area contributed by atoms with Gasteiger partial charge in [0.15, 0.2) is 0 Å². The van der Waals surface area contributed by atoms with Gasteiger partial charge >= 0.3 is 0 Å². The van der Waals surface area contributed by atoms with Crippen LogP contribution in [0.25, 0.3) is 33.1 Å². The number of aromatic nitrogens is 2. The summed E-state index contributed by atoms with van der Waals surface area (Å²) in [4.78, 5) is 8.32. The molecule has 0 saturated carbocycles. The van der Waals surface area contributed by atoms with Gasteiger partial charge in [-0.3, -0.25) is 0 Å². The van der Waals surface area contributed by atoms with Crippen LogP contribution in [0.2, 0.25) is 0 Å². The molecule has 4 rings (SSSR count). The highest BCUT2D eigenvalue weighted by Gasteiger charge is 2.12. The highest BCUT2D eigenvalue weighted by atomic mass is 16.5. The molecule has 2 heterocycles. The number of hydrogen-bond donors (Lipinski definition) is 1. The molecule has 0 amide bonds. The predicted octanol–water partition coefficient (Wildman–Crippen LogP) is 5.01. The van der Waals surface area contributed by atoms with E-state index in [1.54, 1.807) is 7.11 Å². The van der Waals surface area contributed by atoms with Crippen LogP contribution in [0, 0.1) is 13.8 Å². The molecule has 2 aromatic heterocycles. The van der Waals surface area contributed by atoms with Crippen LogP contribution in [0.15, 0.2) is 48.5 Å². The van der Waals surface area contributed by atoms with E-state index in [0.29, 0.717) is 0 Å². The third-order valence-corrected chi connectivity index (χ3v) is 4.29. The molecular formula is C20H18N2O. The zero-order valence-corrected chi connectivity index (χ0v) is 13.5. The van der Waals surface area contributed by atoms with Gasteiger partial charge < -0.3 is 9.72 Å².